The van der Waals surface area contributed by atoms with Crippen molar-refractivity contribution >= 4 is 28.5 Å². The van der Waals surface area contributed by atoms with Gasteiger partial charge in [0.15, 0.2) is 5.76 Å². The molecule has 2 nitrogen and oxygen atoms in total. The van der Waals surface area contributed by atoms with Crippen LogP contribution in [-0.4, -0.2) is 11.5 Å². The van der Waals surface area contributed by atoms with Crippen LogP contribution in [0.25, 0.3) is 11.0 Å². The highest BCUT2D eigenvalue weighted by Crippen LogP contribution is 2.25. The van der Waals surface area contributed by atoms with Crippen molar-refractivity contribution < 1.29 is 13.6 Å². The van der Waals surface area contributed by atoms with E-state index >= 15 is 0 Å². The molecule has 3 rings (SSSR count). The summed E-state index contributed by atoms with van der Waals surface area (Å²) in [6.07, 6.45) is 0. The van der Waals surface area contributed by atoms with Crippen molar-refractivity contribution in [3.05, 3.63) is 65.7 Å². The van der Waals surface area contributed by atoms with Gasteiger partial charge in [0.2, 0.25) is 5.78 Å². The van der Waals surface area contributed by atoms with Crippen LogP contribution in [0.4, 0.5) is 4.39 Å². The van der Waals surface area contributed by atoms with Gasteiger partial charge in [-0.1, -0.05) is 23.8 Å². The van der Waals surface area contributed by atoms with Gasteiger partial charge in [0.05, 0.1) is 5.75 Å². The van der Waals surface area contributed by atoms with E-state index in [1.165, 1.54) is 17.8 Å². The molecule has 0 N–H and O–H groups in total. The van der Waals surface area contributed by atoms with Gasteiger partial charge in [0, 0.05) is 10.3 Å². The predicted molar refractivity (Wildman–Crippen MR) is 82.4 cm³/mol. The van der Waals surface area contributed by atoms with E-state index in [9.17, 15) is 9.18 Å². The second-order valence-corrected chi connectivity index (χ2v) is 5.81. The average Bonchev–Trinajstić information content (AvgIpc) is 2.89. The number of Topliss-reactive ketones (excluding diaryl/α,β-unsaturated/α-hetero) is 1. The summed E-state index contributed by atoms with van der Waals surface area (Å²) in [5, 5.41) is 0.911. The fourth-order valence-corrected chi connectivity index (χ4v) is 2.89. The summed E-state index contributed by atoms with van der Waals surface area (Å²) in [5.41, 5.74) is 1.81. The molecule has 0 unspecified atom stereocenters. The summed E-state index contributed by atoms with van der Waals surface area (Å²) < 4.78 is 19.0. The van der Waals surface area contributed by atoms with E-state index in [0.29, 0.717) is 16.2 Å². The Morgan fingerprint density at radius 2 is 2.00 bits per heavy atom. The van der Waals surface area contributed by atoms with E-state index < -0.39 is 0 Å². The highest BCUT2D eigenvalue weighted by Gasteiger charge is 2.13. The van der Waals surface area contributed by atoms with Crippen molar-refractivity contribution in [2.24, 2.45) is 0 Å². The fraction of sp³-hybridized carbons (Fsp3) is 0.118. The van der Waals surface area contributed by atoms with Gasteiger partial charge in [-0.3, -0.25) is 4.79 Å². The molecule has 0 aliphatic rings. The van der Waals surface area contributed by atoms with E-state index in [2.05, 4.69) is 0 Å². The van der Waals surface area contributed by atoms with Crippen LogP contribution < -0.4 is 0 Å². The molecule has 4 heteroatoms. The molecule has 0 amide bonds. The summed E-state index contributed by atoms with van der Waals surface area (Å²) >= 11 is 1.18. The number of fused-ring (bicyclic) bond motifs is 1. The van der Waals surface area contributed by atoms with E-state index in [-0.39, 0.29) is 17.4 Å². The van der Waals surface area contributed by atoms with Crippen LogP contribution in [0.3, 0.4) is 0 Å². The van der Waals surface area contributed by atoms with Crippen LogP contribution in [0.1, 0.15) is 16.1 Å². The highest BCUT2D eigenvalue weighted by atomic mass is 32.2. The molecule has 0 fully saturated rings. The normalized spacial score (nSPS) is 11.0. The Labute approximate surface area is 126 Å². The standard InChI is InChI=1S/C17H13FO2S/c1-11-6-7-15-12(8-11)9-16(20-15)14(19)10-21-17-5-3-2-4-13(17)18/h2-9H,10H2,1H3. The summed E-state index contributed by atoms with van der Waals surface area (Å²) in [7, 11) is 0. The van der Waals surface area contributed by atoms with Crippen molar-refractivity contribution in [2.45, 2.75) is 11.8 Å². The Morgan fingerprint density at radius 3 is 2.81 bits per heavy atom. The monoisotopic (exact) mass is 300 g/mol. The van der Waals surface area contributed by atoms with Gasteiger partial charge in [-0.05, 0) is 37.3 Å². The molecule has 2 aromatic carbocycles. The molecule has 0 aliphatic heterocycles. The number of furan rings is 1. The minimum Gasteiger partial charge on any atom is -0.453 e. The molecule has 21 heavy (non-hydrogen) atoms. The average molecular weight is 300 g/mol. The Bertz CT molecular complexity index is 807. The van der Waals surface area contributed by atoms with Crippen LogP contribution in [-0.2, 0) is 0 Å². The predicted octanol–water partition coefficient (Wildman–Crippen LogP) is 4.86. The Hall–Kier alpha value is -2.07. The number of rotatable bonds is 4. The maximum absolute atomic E-state index is 13.5. The second-order valence-electron chi connectivity index (χ2n) is 4.79. The smallest absolute Gasteiger partial charge is 0.208 e. The highest BCUT2D eigenvalue weighted by molar-refractivity contribution is 8.00. The van der Waals surface area contributed by atoms with E-state index in [1.54, 1.807) is 24.3 Å². The molecule has 106 valence electrons. The topological polar surface area (TPSA) is 30.2 Å². The number of carbonyl (C=O) groups is 1. The van der Waals surface area contributed by atoms with Gasteiger partial charge < -0.3 is 4.42 Å². The van der Waals surface area contributed by atoms with Crippen molar-refractivity contribution in [2.75, 3.05) is 5.75 Å². The van der Waals surface area contributed by atoms with Gasteiger partial charge in [0.25, 0.3) is 0 Å². The number of benzene rings is 2. The second kappa shape index (κ2) is 5.74. The SMILES string of the molecule is Cc1ccc2oc(C(=O)CSc3ccccc3F)cc2c1. The molecule has 0 aliphatic carbocycles. The van der Waals surface area contributed by atoms with Gasteiger partial charge >= 0.3 is 0 Å². The van der Waals surface area contributed by atoms with Crippen molar-refractivity contribution in [3.63, 3.8) is 0 Å². The van der Waals surface area contributed by atoms with E-state index in [4.69, 9.17) is 4.42 Å². The first-order valence-electron chi connectivity index (χ1n) is 6.54. The summed E-state index contributed by atoms with van der Waals surface area (Å²) in [5.74, 6) is 0.0202. The maximum atomic E-state index is 13.5. The van der Waals surface area contributed by atoms with Crippen molar-refractivity contribution in [3.8, 4) is 0 Å². The summed E-state index contributed by atoms with van der Waals surface area (Å²) in [6, 6.07) is 13.9. The molecular weight excluding hydrogens is 287 g/mol. The van der Waals surface area contributed by atoms with Gasteiger partial charge in [0.1, 0.15) is 11.4 Å². The first-order chi connectivity index (χ1) is 10.1. The number of halogens is 1. The molecule has 3 aromatic rings. The number of hydrogen-bond acceptors (Lipinski definition) is 3. The molecule has 1 heterocycles. The van der Waals surface area contributed by atoms with Gasteiger partial charge in [-0.2, -0.15) is 0 Å². The molecule has 0 atom stereocenters. The third-order valence-corrected chi connectivity index (χ3v) is 4.19. The van der Waals surface area contributed by atoms with Crippen molar-refractivity contribution in [1.82, 2.24) is 0 Å². The number of ketones is 1. The van der Waals surface area contributed by atoms with Crippen LogP contribution in [0.15, 0.2) is 57.8 Å². The number of carbonyl (C=O) groups excluding carboxylic acids is 1. The lowest BCUT2D eigenvalue weighted by molar-refractivity contribution is 0.0994. The molecule has 0 spiro atoms. The summed E-state index contributed by atoms with van der Waals surface area (Å²) in [6.45, 7) is 1.99. The Morgan fingerprint density at radius 1 is 1.19 bits per heavy atom. The first kappa shape index (κ1) is 13.9. The van der Waals surface area contributed by atoms with Crippen LogP contribution >= 0.6 is 11.8 Å². The Balaban J connectivity index is 1.76. The van der Waals surface area contributed by atoms with Crippen LogP contribution in [0.5, 0.6) is 0 Å². The molecule has 0 saturated carbocycles. The van der Waals surface area contributed by atoms with Crippen LogP contribution in [0.2, 0.25) is 0 Å². The zero-order valence-corrected chi connectivity index (χ0v) is 12.2. The van der Waals surface area contributed by atoms with Crippen LogP contribution in [0, 0.1) is 12.7 Å². The maximum Gasteiger partial charge on any atom is 0.208 e. The Kier molecular flexibility index (Phi) is 3.80. The lowest BCUT2D eigenvalue weighted by Crippen LogP contribution is -2.00. The minimum absolute atomic E-state index is 0.142. The third kappa shape index (κ3) is 3.00. The molecule has 0 saturated heterocycles. The third-order valence-electron chi connectivity index (χ3n) is 3.14. The largest absolute Gasteiger partial charge is 0.453 e. The number of aryl methyl sites for hydroxylation is 1. The van der Waals surface area contributed by atoms with Gasteiger partial charge in [-0.25, -0.2) is 4.39 Å². The first-order valence-corrected chi connectivity index (χ1v) is 7.53. The lowest BCUT2D eigenvalue weighted by Gasteiger charge is -2.00. The van der Waals surface area contributed by atoms with Gasteiger partial charge in [-0.15, -0.1) is 11.8 Å². The summed E-state index contributed by atoms with van der Waals surface area (Å²) in [4.78, 5) is 12.6. The quantitative estimate of drug-likeness (QED) is 0.509. The number of thioether (sulfide) groups is 1. The van der Waals surface area contributed by atoms with E-state index in [0.717, 1.165) is 10.9 Å². The van der Waals surface area contributed by atoms with E-state index in [1.807, 2.05) is 25.1 Å². The van der Waals surface area contributed by atoms with Crippen molar-refractivity contribution in [1.29, 1.82) is 0 Å². The lowest BCUT2D eigenvalue weighted by atomic mass is 10.2. The number of hydrogen-bond donors (Lipinski definition) is 0. The molecule has 1 aromatic heterocycles. The molecular formula is C17H13FO2S. The zero-order chi connectivity index (χ0) is 14.8. The minimum atomic E-state index is -0.310. The molecule has 0 bridgehead atoms. The molecule has 0 radical (unpaired) electrons. The zero-order valence-electron chi connectivity index (χ0n) is 11.4. The fourth-order valence-electron chi connectivity index (χ4n) is 2.08.